The molecule has 0 aliphatic heterocycles. The summed E-state index contributed by atoms with van der Waals surface area (Å²) in [6.45, 7) is 6.82. The van der Waals surface area contributed by atoms with E-state index < -0.39 is 0 Å². The van der Waals surface area contributed by atoms with Crippen LogP contribution in [-0.2, 0) is 6.54 Å². The van der Waals surface area contributed by atoms with Crippen LogP contribution in [0, 0.1) is 6.92 Å². The van der Waals surface area contributed by atoms with Gasteiger partial charge in [-0.25, -0.2) is 4.98 Å². The van der Waals surface area contributed by atoms with Crippen LogP contribution in [0.1, 0.15) is 25.0 Å². The lowest BCUT2D eigenvalue weighted by molar-refractivity contribution is 0.242. The maximum absolute atomic E-state index is 5.65. The van der Waals surface area contributed by atoms with Crippen molar-refractivity contribution in [3.63, 3.8) is 0 Å². The summed E-state index contributed by atoms with van der Waals surface area (Å²) in [6.07, 6.45) is 1.90. The molecule has 3 rings (SSSR count). The minimum absolute atomic E-state index is 0.161. The molecule has 3 aromatic rings. The summed E-state index contributed by atoms with van der Waals surface area (Å²) >= 11 is 0. The zero-order chi connectivity index (χ0) is 18.4. The Balaban J connectivity index is 1.60. The summed E-state index contributed by atoms with van der Waals surface area (Å²) in [5, 5.41) is 6.54. The number of ether oxygens (including phenoxy) is 1. The quantitative estimate of drug-likeness (QED) is 0.634. The first kappa shape index (κ1) is 17.7. The lowest BCUT2D eigenvalue weighted by Gasteiger charge is -2.11. The van der Waals surface area contributed by atoms with Gasteiger partial charge in [-0.15, -0.1) is 0 Å². The first-order valence-corrected chi connectivity index (χ1v) is 8.75. The minimum Gasteiger partial charge on any atom is -0.491 e. The second kappa shape index (κ2) is 8.34. The largest absolute Gasteiger partial charge is 0.491 e. The van der Waals surface area contributed by atoms with E-state index in [1.54, 1.807) is 6.20 Å². The summed E-state index contributed by atoms with van der Waals surface area (Å²) in [7, 11) is 0. The van der Waals surface area contributed by atoms with Crippen molar-refractivity contribution in [2.45, 2.75) is 33.4 Å². The van der Waals surface area contributed by atoms with Crippen LogP contribution in [0.25, 0.3) is 0 Å². The topological polar surface area (TPSA) is 59.1 Å². The van der Waals surface area contributed by atoms with E-state index in [9.17, 15) is 0 Å². The highest BCUT2D eigenvalue weighted by atomic mass is 16.5. The van der Waals surface area contributed by atoms with Crippen molar-refractivity contribution >= 4 is 17.5 Å². The Morgan fingerprint density at radius 3 is 2.38 bits per heavy atom. The van der Waals surface area contributed by atoms with Crippen LogP contribution >= 0.6 is 0 Å². The molecule has 5 heteroatoms. The summed E-state index contributed by atoms with van der Waals surface area (Å²) in [6, 6.07) is 18.1. The molecule has 26 heavy (non-hydrogen) atoms. The summed E-state index contributed by atoms with van der Waals surface area (Å²) in [4.78, 5) is 8.79. The molecular weight excluding hydrogens is 324 g/mol. The molecule has 0 amide bonds. The molecule has 2 N–H and O–H groups in total. The molecule has 0 atom stereocenters. The molecule has 134 valence electrons. The zero-order valence-corrected chi connectivity index (χ0v) is 15.4. The van der Waals surface area contributed by atoms with Gasteiger partial charge in [-0.1, -0.05) is 29.8 Å². The second-order valence-corrected chi connectivity index (χ2v) is 6.42. The van der Waals surface area contributed by atoms with Gasteiger partial charge in [0.15, 0.2) is 0 Å². The van der Waals surface area contributed by atoms with Crippen molar-refractivity contribution in [3.05, 3.63) is 71.9 Å². The molecule has 0 bridgehead atoms. The SMILES string of the molecule is Cc1ccc(CNc2ccnc(Nc3ccc(OC(C)C)cc3)n2)cc1. The van der Waals surface area contributed by atoms with Gasteiger partial charge >= 0.3 is 0 Å². The Bertz CT molecular complexity index is 829. The molecule has 0 aliphatic carbocycles. The summed E-state index contributed by atoms with van der Waals surface area (Å²) in [5.41, 5.74) is 3.38. The Morgan fingerprint density at radius 2 is 1.69 bits per heavy atom. The minimum atomic E-state index is 0.161. The van der Waals surface area contributed by atoms with Gasteiger partial charge in [0, 0.05) is 18.4 Å². The van der Waals surface area contributed by atoms with Crippen LogP contribution in [0.2, 0.25) is 0 Å². The lowest BCUT2D eigenvalue weighted by atomic mass is 10.1. The molecule has 2 aromatic carbocycles. The van der Waals surface area contributed by atoms with Crippen molar-refractivity contribution in [1.82, 2.24) is 9.97 Å². The van der Waals surface area contributed by atoms with Crippen LogP contribution in [-0.4, -0.2) is 16.1 Å². The normalized spacial score (nSPS) is 10.6. The smallest absolute Gasteiger partial charge is 0.229 e. The lowest BCUT2D eigenvalue weighted by Crippen LogP contribution is -2.05. The number of rotatable bonds is 7. The Kier molecular flexibility index (Phi) is 5.69. The molecule has 0 aliphatic rings. The molecule has 0 saturated carbocycles. The fraction of sp³-hybridized carbons (Fsp3) is 0.238. The molecule has 0 saturated heterocycles. The number of aryl methyl sites for hydroxylation is 1. The van der Waals surface area contributed by atoms with Crippen molar-refractivity contribution in [3.8, 4) is 5.75 Å². The van der Waals surface area contributed by atoms with Crippen molar-refractivity contribution in [2.75, 3.05) is 10.6 Å². The molecule has 0 unspecified atom stereocenters. The molecular formula is C21H24N4O. The van der Waals surface area contributed by atoms with E-state index in [2.05, 4.69) is 51.8 Å². The van der Waals surface area contributed by atoms with Crippen LogP contribution < -0.4 is 15.4 Å². The summed E-state index contributed by atoms with van der Waals surface area (Å²) in [5.74, 6) is 2.18. The highest BCUT2D eigenvalue weighted by molar-refractivity contribution is 5.55. The van der Waals surface area contributed by atoms with Crippen molar-refractivity contribution in [1.29, 1.82) is 0 Å². The van der Waals surface area contributed by atoms with Gasteiger partial charge < -0.3 is 15.4 Å². The van der Waals surface area contributed by atoms with E-state index >= 15 is 0 Å². The number of nitrogens with one attached hydrogen (secondary N) is 2. The standard InChI is InChI=1S/C21H24N4O/c1-15(2)26-19-10-8-18(9-11-19)24-21-22-13-12-20(25-21)23-14-17-6-4-16(3)5-7-17/h4-13,15H,14H2,1-3H3,(H2,22,23,24,25). The number of nitrogens with zero attached hydrogens (tertiary/aromatic N) is 2. The van der Waals surface area contributed by atoms with Crippen molar-refractivity contribution in [2.24, 2.45) is 0 Å². The third-order valence-corrected chi connectivity index (χ3v) is 3.73. The molecule has 1 aromatic heterocycles. The first-order valence-electron chi connectivity index (χ1n) is 8.75. The van der Waals surface area contributed by atoms with Gasteiger partial charge in [0.25, 0.3) is 0 Å². The Hall–Kier alpha value is -3.08. The number of benzene rings is 2. The highest BCUT2D eigenvalue weighted by Crippen LogP contribution is 2.19. The van der Waals surface area contributed by atoms with Crippen LogP contribution in [0.3, 0.4) is 0 Å². The maximum atomic E-state index is 5.65. The van der Waals surface area contributed by atoms with E-state index in [1.165, 1.54) is 11.1 Å². The van der Waals surface area contributed by atoms with Gasteiger partial charge in [0.1, 0.15) is 11.6 Å². The zero-order valence-electron chi connectivity index (χ0n) is 15.4. The molecule has 0 radical (unpaired) electrons. The van der Waals surface area contributed by atoms with E-state index in [-0.39, 0.29) is 6.10 Å². The fourth-order valence-corrected chi connectivity index (χ4v) is 2.43. The number of hydrogen-bond donors (Lipinski definition) is 2. The van der Waals surface area contributed by atoms with E-state index in [0.29, 0.717) is 5.95 Å². The van der Waals surface area contributed by atoms with Gasteiger partial charge in [-0.3, -0.25) is 0 Å². The number of anilines is 3. The van der Waals surface area contributed by atoms with Crippen LogP contribution in [0.5, 0.6) is 5.75 Å². The molecule has 1 heterocycles. The van der Waals surface area contributed by atoms with Gasteiger partial charge in [-0.2, -0.15) is 4.98 Å². The summed E-state index contributed by atoms with van der Waals surface area (Å²) < 4.78 is 5.65. The average molecular weight is 348 g/mol. The number of hydrogen-bond acceptors (Lipinski definition) is 5. The first-order chi connectivity index (χ1) is 12.6. The van der Waals surface area contributed by atoms with E-state index in [0.717, 1.165) is 23.8 Å². The molecule has 5 nitrogen and oxygen atoms in total. The second-order valence-electron chi connectivity index (χ2n) is 6.42. The fourth-order valence-electron chi connectivity index (χ4n) is 2.43. The van der Waals surface area contributed by atoms with Gasteiger partial charge in [-0.05, 0) is 56.7 Å². The van der Waals surface area contributed by atoms with E-state index in [1.807, 2.05) is 44.2 Å². The maximum Gasteiger partial charge on any atom is 0.229 e. The average Bonchev–Trinajstić information content (AvgIpc) is 2.63. The highest BCUT2D eigenvalue weighted by Gasteiger charge is 2.02. The predicted molar refractivity (Wildman–Crippen MR) is 106 cm³/mol. The number of aromatic nitrogens is 2. The van der Waals surface area contributed by atoms with E-state index in [4.69, 9.17) is 4.74 Å². The van der Waals surface area contributed by atoms with Crippen molar-refractivity contribution < 1.29 is 4.74 Å². The monoisotopic (exact) mass is 348 g/mol. The molecule has 0 spiro atoms. The van der Waals surface area contributed by atoms with Crippen LogP contribution in [0.15, 0.2) is 60.8 Å². The Morgan fingerprint density at radius 1 is 0.962 bits per heavy atom. The van der Waals surface area contributed by atoms with Crippen LogP contribution in [0.4, 0.5) is 17.5 Å². The van der Waals surface area contributed by atoms with Gasteiger partial charge in [0.2, 0.25) is 5.95 Å². The third kappa shape index (κ3) is 5.21. The predicted octanol–water partition coefficient (Wildman–Crippen LogP) is 4.93. The molecule has 0 fully saturated rings. The van der Waals surface area contributed by atoms with Gasteiger partial charge in [0.05, 0.1) is 6.10 Å². The Labute approximate surface area is 154 Å². The third-order valence-electron chi connectivity index (χ3n) is 3.73.